The fraction of sp³-hybridized carbons (Fsp3) is 0.538. The van der Waals surface area contributed by atoms with Crippen LogP contribution in [0.5, 0.6) is 23.0 Å². The summed E-state index contributed by atoms with van der Waals surface area (Å²) in [6.45, 7) is 11.9. The number of Topliss-reactive ketones (excluding diaryl/α,β-unsaturated/α-hetero) is 1. The van der Waals surface area contributed by atoms with Gasteiger partial charge in [-0.15, -0.1) is 0 Å². The van der Waals surface area contributed by atoms with Crippen molar-refractivity contribution >= 4 is 82.0 Å². The zero-order valence-corrected chi connectivity index (χ0v) is 60.9. The van der Waals surface area contributed by atoms with Crippen LogP contribution in [0.25, 0.3) is 5.57 Å². The summed E-state index contributed by atoms with van der Waals surface area (Å²) in [6.07, 6.45) is 18.2. The predicted molar refractivity (Wildman–Crippen MR) is 391 cm³/mol. The molecular weight excluding hydrogens is 1350 g/mol. The van der Waals surface area contributed by atoms with Crippen LogP contribution in [0.1, 0.15) is 118 Å². The number of hydrogen-bond donors (Lipinski definition) is 4. The van der Waals surface area contributed by atoms with Gasteiger partial charge in [-0.05, 0) is 116 Å². The van der Waals surface area contributed by atoms with Gasteiger partial charge in [0.05, 0.1) is 156 Å². The van der Waals surface area contributed by atoms with Gasteiger partial charge < -0.3 is 83.0 Å². The highest BCUT2D eigenvalue weighted by atomic mass is 16.6. The van der Waals surface area contributed by atoms with Crippen molar-refractivity contribution in [3.05, 3.63) is 107 Å². The monoisotopic (exact) mass is 1460 g/mol. The van der Waals surface area contributed by atoms with E-state index in [0.29, 0.717) is 194 Å². The van der Waals surface area contributed by atoms with E-state index in [9.17, 15) is 38.4 Å². The number of nitrogens with one attached hydrogen (secondary N) is 4. The summed E-state index contributed by atoms with van der Waals surface area (Å²) in [4.78, 5) is 114. The van der Waals surface area contributed by atoms with Crippen molar-refractivity contribution in [1.29, 1.82) is 0 Å². The van der Waals surface area contributed by atoms with E-state index >= 15 is 0 Å². The van der Waals surface area contributed by atoms with E-state index in [2.05, 4.69) is 27.3 Å². The second kappa shape index (κ2) is 42.4. The minimum atomic E-state index is -0.918. The molecule has 5 amide bonds. The summed E-state index contributed by atoms with van der Waals surface area (Å²) in [5.74, 6) is 0.292. The number of ether oxygens (including phenoxy) is 12. The Labute approximate surface area is 613 Å². The van der Waals surface area contributed by atoms with E-state index in [0.717, 1.165) is 17.6 Å². The molecule has 3 aromatic rings. The number of nitrogens with zero attached hydrogens (tertiary/aromatic N) is 3. The van der Waals surface area contributed by atoms with Gasteiger partial charge in [0.2, 0.25) is 23.6 Å². The topological polar surface area (TPSA) is 323 Å². The van der Waals surface area contributed by atoms with Crippen LogP contribution < -0.4 is 40.2 Å². The molecule has 3 heterocycles. The second-order valence-electron chi connectivity index (χ2n) is 26.5. The fourth-order valence-corrected chi connectivity index (χ4v) is 12.3. The van der Waals surface area contributed by atoms with Gasteiger partial charge in [-0.1, -0.05) is 38.1 Å². The maximum atomic E-state index is 13.8. The second-order valence-corrected chi connectivity index (χ2v) is 26.5. The molecule has 568 valence electrons. The minimum absolute atomic E-state index is 0.0229. The summed E-state index contributed by atoms with van der Waals surface area (Å²) >= 11 is 0. The number of ketones is 3. The predicted octanol–water partition coefficient (Wildman–Crippen LogP) is 8.20. The number of carbonyl (C=O) groups is 8. The van der Waals surface area contributed by atoms with E-state index in [1.165, 1.54) is 37.7 Å². The SMILES string of the molecule is COc1cc2c(cc1OCCCOc1cc3c(cc1OC)C(=O)N1C=C(C4CC4)C[C@H]1C=N3)N=C[C@@H]1CC(c3ccc(NC(=O)[C@H](C)NC(=O)C(NC(=O)CCOCCOCCOCCOCCOCCOCCOCCOCCNC(=O)CC/C=C4/CC(=O)C=CC4=O)C(C)C)cc3)=CC1CCC2=O. The van der Waals surface area contributed by atoms with E-state index < -0.39 is 23.9 Å². The first kappa shape index (κ1) is 80.3. The van der Waals surface area contributed by atoms with Gasteiger partial charge in [-0.2, -0.15) is 0 Å². The lowest BCUT2D eigenvalue weighted by molar-refractivity contribution is -0.132. The molecule has 4 N–H and O–H groups in total. The lowest BCUT2D eigenvalue weighted by Crippen LogP contribution is -2.53. The smallest absolute Gasteiger partial charge is 0.260 e. The summed E-state index contributed by atoms with van der Waals surface area (Å²) in [5.41, 5.74) is 6.34. The normalized spacial score (nSPS) is 18.4. The van der Waals surface area contributed by atoms with Gasteiger partial charge in [0.1, 0.15) is 12.1 Å². The standard InChI is InChI=1S/C78H101N7O20/c1-51(2)75(84-74(90)20-24-96-26-28-98-30-32-100-34-36-102-38-39-103-37-35-101-33-31-99-29-27-97-25-21-79-73(89)9-6-8-56-43-62(86)17-19-67(56)87)77(92)82-52(3)76(91)83-60-15-12-53(13-16-60)57-40-55-14-18-68(88)63-44-69(94-4)71(46-65(63)80-48-58(55)41-57)104-22-7-23-105-72-47-66-64(45-70(72)95-5)78(93)85-50-59(54-10-11-54)42-61(85)49-81-66/h8,12-13,15-17,19,40,44-52,54-55,58,61,75H,6-7,9-11,14,18,20-39,41-43H2,1-5H3,(H,79,89)(H,82,92)(H,83,91)(H,84,90)/b56-8-,80-48?/t52-,55?,58-,61-,75?/m0/s1. The first-order chi connectivity index (χ1) is 51.0. The maximum Gasteiger partial charge on any atom is 0.260 e. The molecule has 105 heavy (non-hydrogen) atoms. The van der Waals surface area contributed by atoms with Crippen molar-refractivity contribution in [3.63, 3.8) is 0 Å². The molecule has 1 saturated carbocycles. The molecule has 3 aromatic carbocycles. The van der Waals surface area contributed by atoms with Gasteiger partial charge in [-0.25, -0.2) is 0 Å². The number of methoxy groups -OCH3 is 2. The summed E-state index contributed by atoms with van der Waals surface area (Å²) < 4.78 is 68.0. The van der Waals surface area contributed by atoms with Crippen molar-refractivity contribution < 1.29 is 95.2 Å². The van der Waals surface area contributed by atoms with Gasteiger partial charge in [0, 0.05) is 92.2 Å². The van der Waals surface area contributed by atoms with Crippen LogP contribution in [0, 0.1) is 23.7 Å². The zero-order valence-electron chi connectivity index (χ0n) is 60.9. The first-order valence-electron chi connectivity index (χ1n) is 36.4. The molecule has 6 aliphatic rings. The molecule has 0 bridgehead atoms. The Balaban J connectivity index is 0.571. The van der Waals surface area contributed by atoms with Crippen LogP contribution in [0.15, 0.2) is 100 Å². The first-order valence-corrected chi connectivity index (χ1v) is 36.4. The quantitative estimate of drug-likeness (QED) is 0.0306. The Kier molecular flexibility index (Phi) is 32.4. The number of hydrogen-bond acceptors (Lipinski definition) is 22. The van der Waals surface area contributed by atoms with Gasteiger partial charge >= 0.3 is 0 Å². The van der Waals surface area contributed by atoms with E-state index in [4.69, 9.17) is 66.8 Å². The average Bonchev–Trinajstić information content (AvgIpc) is 1.62. The third-order valence-corrected chi connectivity index (χ3v) is 18.3. The minimum Gasteiger partial charge on any atom is -0.493 e. The third kappa shape index (κ3) is 25.5. The molecule has 5 atom stereocenters. The molecule has 27 nitrogen and oxygen atoms in total. The number of fused-ring (bicyclic) bond motifs is 4. The molecule has 3 aliphatic heterocycles. The Morgan fingerprint density at radius 3 is 1.75 bits per heavy atom. The number of benzene rings is 3. The maximum absolute atomic E-state index is 13.8. The Hall–Kier alpha value is -8.80. The molecule has 2 unspecified atom stereocenters. The highest BCUT2D eigenvalue weighted by Gasteiger charge is 2.38. The number of amides is 5. The van der Waals surface area contributed by atoms with Crippen LogP contribution in [0.2, 0.25) is 0 Å². The van der Waals surface area contributed by atoms with E-state index in [1.54, 1.807) is 49.3 Å². The molecule has 9 rings (SSSR count). The van der Waals surface area contributed by atoms with Crippen molar-refractivity contribution in [1.82, 2.24) is 20.9 Å². The van der Waals surface area contributed by atoms with Crippen LogP contribution in [-0.4, -0.2) is 222 Å². The Bertz CT molecular complexity index is 3660. The third-order valence-electron chi connectivity index (χ3n) is 18.3. The lowest BCUT2D eigenvalue weighted by atomic mass is 9.91. The van der Waals surface area contributed by atoms with Gasteiger partial charge in [0.15, 0.2) is 40.3 Å². The van der Waals surface area contributed by atoms with Crippen molar-refractivity contribution in [3.8, 4) is 23.0 Å². The van der Waals surface area contributed by atoms with Crippen LogP contribution in [0.4, 0.5) is 17.1 Å². The van der Waals surface area contributed by atoms with Crippen molar-refractivity contribution in [2.75, 3.05) is 145 Å². The highest BCUT2D eigenvalue weighted by molar-refractivity contribution is 6.15. The molecule has 3 aliphatic carbocycles. The van der Waals surface area contributed by atoms with Gasteiger partial charge in [0.25, 0.3) is 5.91 Å². The van der Waals surface area contributed by atoms with Crippen molar-refractivity contribution in [2.45, 2.75) is 110 Å². The zero-order chi connectivity index (χ0) is 74.3. The number of rotatable bonds is 46. The molecule has 27 heteroatoms. The number of aliphatic imine (C=N–C) groups is 2. The number of anilines is 1. The summed E-state index contributed by atoms with van der Waals surface area (Å²) in [7, 11) is 3.08. The van der Waals surface area contributed by atoms with E-state index in [1.807, 2.05) is 56.7 Å². The number of allylic oxidation sites excluding steroid dienone is 6. The molecule has 0 radical (unpaired) electrons. The van der Waals surface area contributed by atoms with E-state index in [-0.39, 0.29) is 105 Å². The Morgan fingerprint density at radius 1 is 0.590 bits per heavy atom. The van der Waals surface area contributed by atoms with Crippen LogP contribution >= 0.6 is 0 Å². The summed E-state index contributed by atoms with van der Waals surface area (Å²) in [6, 6.07) is 12.5. The largest absolute Gasteiger partial charge is 0.493 e. The fourth-order valence-electron chi connectivity index (χ4n) is 12.3. The average molecular weight is 1460 g/mol. The highest BCUT2D eigenvalue weighted by Crippen LogP contribution is 2.45. The lowest BCUT2D eigenvalue weighted by Gasteiger charge is -2.24. The molecule has 0 aromatic heterocycles. The summed E-state index contributed by atoms with van der Waals surface area (Å²) in [5, 5.41) is 11.2. The van der Waals surface area contributed by atoms with Gasteiger partial charge in [-0.3, -0.25) is 48.3 Å². The Morgan fingerprint density at radius 2 is 1.16 bits per heavy atom. The van der Waals surface area contributed by atoms with Crippen LogP contribution in [0.3, 0.4) is 0 Å². The van der Waals surface area contributed by atoms with Crippen molar-refractivity contribution in [2.24, 2.45) is 33.7 Å². The molecule has 0 saturated heterocycles. The molecule has 1 fully saturated rings. The molecule has 0 spiro atoms. The number of carbonyl (C=O) groups excluding carboxylic acids is 8. The van der Waals surface area contributed by atoms with Crippen LogP contribution in [-0.2, 0) is 66.7 Å². The molecular formula is C78H101N7O20.